The molecule has 0 unspecified atom stereocenters. The Balaban J connectivity index is 0.000000217. The van der Waals surface area contributed by atoms with Crippen LogP contribution in [0.4, 0.5) is 0 Å². The summed E-state index contributed by atoms with van der Waals surface area (Å²) in [5.74, 6) is 7.86. The van der Waals surface area contributed by atoms with Crippen molar-refractivity contribution in [2.75, 3.05) is 0 Å². The fraction of sp³-hybridized carbons (Fsp3) is 0.220. The van der Waals surface area contributed by atoms with Crippen molar-refractivity contribution in [2.24, 2.45) is 0 Å². The topological polar surface area (TPSA) is 25.8 Å². The van der Waals surface area contributed by atoms with E-state index in [4.69, 9.17) is 4.98 Å². The molecule has 7 rings (SSSR count). The zero-order valence-electron chi connectivity index (χ0n) is 28.5. The molecule has 0 aliphatic rings. The quantitative estimate of drug-likeness (QED) is 0.127. The Morgan fingerprint density at radius 1 is 0.723 bits per heavy atom. The summed E-state index contributed by atoms with van der Waals surface area (Å²) in [7, 11) is -1.23. The molecule has 0 bridgehead atoms. The smallest absolute Gasteiger partial charge is 0.0795 e. The maximum Gasteiger partial charge on any atom is 0.0795 e. The predicted octanol–water partition coefficient (Wildman–Crippen LogP) is 10.8. The first kappa shape index (κ1) is 35.4. The minimum Gasteiger partial charge on any atom is -0.305 e. The summed E-state index contributed by atoms with van der Waals surface area (Å²) < 4.78 is 4.22. The van der Waals surface area contributed by atoms with Crippen molar-refractivity contribution < 1.29 is 20.1 Å². The minimum absolute atomic E-state index is 0. The van der Waals surface area contributed by atoms with Gasteiger partial charge in [-0.05, 0) is 10.9 Å². The van der Waals surface area contributed by atoms with Crippen LogP contribution < -0.4 is 9.58 Å². The Bertz CT molecular complexity index is 2140. The second-order valence-corrected chi connectivity index (χ2v) is 31.2. The Hall–Kier alpha value is -2.93. The molecular weight excluding hydrogens is 845 g/mol. The zero-order valence-corrected chi connectivity index (χ0v) is 34.8. The van der Waals surface area contributed by atoms with Crippen LogP contribution in [0.5, 0.6) is 0 Å². The number of hydrogen-bond acceptors (Lipinski definition) is 3. The van der Waals surface area contributed by atoms with E-state index in [-0.39, 0.29) is 20.1 Å². The van der Waals surface area contributed by atoms with Crippen LogP contribution in [0.25, 0.3) is 53.5 Å². The molecule has 2 nitrogen and oxygen atoms in total. The summed E-state index contributed by atoms with van der Waals surface area (Å²) in [6.07, 6.45) is 3.95. The minimum atomic E-state index is -1.85. The molecule has 47 heavy (non-hydrogen) atoms. The van der Waals surface area contributed by atoms with E-state index < -0.39 is 21.3 Å². The van der Waals surface area contributed by atoms with Gasteiger partial charge in [0, 0.05) is 26.3 Å². The number of hydrogen-bond donors (Lipinski definition) is 0. The van der Waals surface area contributed by atoms with Gasteiger partial charge in [0.2, 0.25) is 0 Å². The van der Waals surface area contributed by atoms with E-state index in [0.717, 1.165) is 22.5 Å². The molecule has 1 radical (unpaired) electrons. The van der Waals surface area contributed by atoms with Crippen molar-refractivity contribution in [1.82, 2.24) is 9.97 Å². The Morgan fingerprint density at radius 3 is 2.15 bits per heavy atom. The largest absolute Gasteiger partial charge is 0.305 e. The summed E-state index contributed by atoms with van der Waals surface area (Å²) in [6.45, 7) is 11.4. The molecular formula is C41H42GeIrN2SSi-2. The number of fused-ring (bicyclic) bond motifs is 5. The summed E-state index contributed by atoms with van der Waals surface area (Å²) in [5, 5.41) is 6.76. The molecule has 0 spiro atoms. The van der Waals surface area contributed by atoms with Crippen molar-refractivity contribution in [1.29, 1.82) is 0 Å². The van der Waals surface area contributed by atoms with Gasteiger partial charge in [-0.25, -0.2) is 0 Å². The fourth-order valence-corrected chi connectivity index (χ4v) is 10.5. The number of aromatic nitrogens is 2. The third-order valence-corrected chi connectivity index (χ3v) is 16.2. The standard InChI is InChI=1S/C27H26GeNS.C14H16NSi.Ir/c1-17(2)18-13-14-29-25(16-18)24-8-6-7-22-23-11-9-19-15-20(28(3,4)5)10-12-21(19)26(23)30-27(22)24;1-16(2,3)13-9-10-14(15-11-13)12-7-5-4-6-8-12;/h6-7,9-17H,1-5H3;4-7,9-11H,1-3H3;/q2*-1;. The SMILES string of the molecule is CC(C)c1ccnc(-c2[c-]ccc3c2sc2c4cc[c]([Ge]([CH3])([CH3])[CH3])cc4ccc32)c1.C[Si](C)(C)c1ccc(-c2[c-]cccc2)nc1.[Ir]. The number of thiophene rings is 1. The molecule has 0 amide bonds. The van der Waals surface area contributed by atoms with Gasteiger partial charge in [0.15, 0.2) is 0 Å². The van der Waals surface area contributed by atoms with Crippen LogP contribution in [0.1, 0.15) is 25.3 Å². The van der Waals surface area contributed by atoms with Crippen LogP contribution >= 0.6 is 11.3 Å². The summed E-state index contributed by atoms with van der Waals surface area (Å²) >= 11 is 0.0391. The van der Waals surface area contributed by atoms with Crippen molar-refractivity contribution in [2.45, 2.75) is 56.7 Å². The second-order valence-electron chi connectivity index (χ2n) is 14.4. The summed E-state index contributed by atoms with van der Waals surface area (Å²) in [4.78, 5) is 9.21. The number of rotatable bonds is 5. The van der Waals surface area contributed by atoms with Crippen LogP contribution in [0.3, 0.4) is 0 Å². The summed E-state index contributed by atoms with van der Waals surface area (Å²) in [5.41, 5.74) is 5.51. The molecule has 3 aromatic heterocycles. The molecule has 4 aromatic carbocycles. The molecule has 241 valence electrons. The van der Waals surface area contributed by atoms with Gasteiger partial charge in [0.05, 0.1) is 8.07 Å². The first-order chi connectivity index (χ1) is 21.9. The molecule has 0 saturated carbocycles. The Kier molecular flexibility index (Phi) is 10.7. The van der Waals surface area contributed by atoms with E-state index >= 15 is 0 Å². The van der Waals surface area contributed by atoms with Gasteiger partial charge in [-0.15, -0.1) is 35.9 Å². The predicted molar refractivity (Wildman–Crippen MR) is 207 cm³/mol. The van der Waals surface area contributed by atoms with E-state index in [2.05, 4.69) is 129 Å². The molecule has 6 heteroatoms. The Morgan fingerprint density at radius 2 is 1.49 bits per heavy atom. The van der Waals surface area contributed by atoms with Crippen molar-refractivity contribution in [3.05, 3.63) is 121 Å². The van der Waals surface area contributed by atoms with Crippen LogP contribution in [0.15, 0.2) is 103 Å². The van der Waals surface area contributed by atoms with Gasteiger partial charge >= 0.3 is 172 Å². The molecule has 0 N–H and O–H groups in total. The third-order valence-electron chi connectivity index (χ3n) is 8.60. The van der Waals surface area contributed by atoms with Gasteiger partial charge in [-0.3, -0.25) is 0 Å². The summed E-state index contributed by atoms with van der Waals surface area (Å²) in [6, 6.07) is 39.3. The van der Waals surface area contributed by atoms with E-state index in [9.17, 15) is 0 Å². The molecule has 0 atom stereocenters. The molecule has 0 aliphatic carbocycles. The normalized spacial score (nSPS) is 11.9. The van der Waals surface area contributed by atoms with Gasteiger partial charge in [0.25, 0.3) is 0 Å². The van der Waals surface area contributed by atoms with Gasteiger partial charge in [-0.2, -0.15) is 0 Å². The molecule has 7 aromatic rings. The van der Waals surface area contributed by atoms with Crippen molar-refractivity contribution in [3.63, 3.8) is 0 Å². The van der Waals surface area contributed by atoms with Crippen molar-refractivity contribution >= 4 is 73.2 Å². The second kappa shape index (κ2) is 14.3. The first-order valence-corrected chi connectivity index (χ1v) is 27.8. The van der Waals surface area contributed by atoms with E-state index in [1.165, 1.54) is 41.7 Å². The van der Waals surface area contributed by atoms with E-state index in [1.54, 1.807) is 4.40 Å². The molecule has 0 fully saturated rings. The average molecular weight is 888 g/mol. The molecule has 0 aliphatic heterocycles. The van der Waals surface area contributed by atoms with Gasteiger partial charge in [-0.1, -0.05) is 45.6 Å². The fourth-order valence-electron chi connectivity index (χ4n) is 5.68. The van der Waals surface area contributed by atoms with Crippen LogP contribution in [0.2, 0.25) is 36.9 Å². The number of benzene rings is 4. The van der Waals surface area contributed by atoms with Crippen LogP contribution in [-0.2, 0) is 20.1 Å². The van der Waals surface area contributed by atoms with E-state index in [0.29, 0.717) is 5.92 Å². The molecule has 0 saturated heterocycles. The van der Waals surface area contributed by atoms with E-state index in [1.807, 2.05) is 54.1 Å². The average Bonchev–Trinajstić information content (AvgIpc) is 3.44. The first-order valence-electron chi connectivity index (χ1n) is 16.1. The number of pyridine rings is 2. The molecule has 3 heterocycles. The third kappa shape index (κ3) is 7.71. The van der Waals surface area contributed by atoms with Crippen LogP contribution in [-0.4, -0.2) is 31.3 Å². The van der Waals surface area contributed by atoms with Crippen LogP contribution in [0, 0.1) is 12.1 Å². The Labute approximate surface area is 301 Å². The van der Waals surface area contributed by atoms with Gasteiger partial charge in [0.1, 0.15) is 0 Å². The maximum atomic E-state index is 4.69. The number of nitrogens with zero attached hydrogens (tertiary/aromatic N) is 2. The monoisotopic (exact) mass is 889 g/mol. The van der Waals surface area contributed by atoms with Crippen molar-refractivity contribution in [3.8, 4) is 22.5 Å². The zero-order chi connectivity index (χ0) is 32.6. The maximum absolute atomic E-state index is 4.69. The van der Waals surface area contributed by atoms with Gasteiger partial charge < -0.3 is 4.98 Å².